The van der Waals surface area contributed by atoms with E-state index in [0.717, 1.165) is 26.5 Å². The number of halogens is 3. The van der Waals surface area contributed by atoms with E-state index in [2.05, 4.69) is 24.3 Å². The molecule has 0 unspecified atom stereocenters. The summed E-state index contributed by atoms with van der Waals surface area (Å²) in [5.74, 6) is -0.493. The highest BCUT2D eigenvalue weighted by Crippen LogP contribution is 2.44. The molecule has 4 rings (SSSR count). The van der Waals surface area contributed by atoms with Gasteiger partial charge in [-0.15, -0.1) is 11.3 Å². The fourth-order valence-electron chi connectivity index (χ4n) is 4.23. The fourth-order valence-corrected chi connectivity index (χ4v) is 5.39. The van der Waals surface area contributed by atoms with Gasteiger partial charge in [0, 0.05) is 40.5 Å². The van der Waals surface area contributed by atoms with Gasteiger partial charge in [-0.3, -0.25) is 9.48 Å². The lowest BCUT2D eigenvalue weighted by molar-refractivity contribution is -0.141. The molecule has 1 aromatic carbocycles. The van der Waals surface area contributed by atoms with Gasteiger partial charge >= 0.3 is 6.18 Å². The van der Waals surface area contributed by atoms with Gasteiger partial charge in [-0.2, -0.15) is 18.3 Å². The van der Waals surface area contributed by atoms with Gasteiger partial charge in [0.25, 0.3) is 0 Å². The third-order valence-corrected chi connectivity index (χ3v) is 7.14. The minimum Gasteiger partial charge on any atom is -0.333 e. The van der Waals surface area contributed by atoms with Crippen LogP contribution in [0.15, 0.2) is 55.8 Å². The van der Waals surface area contributed by atoms with Crippen molar-refractivity contribution in [1.82, 2.24) is 14.7 Å². The zero-order valence-corrected chi connectivity index (χ0v) is 19.3. The van der Waals surface area contributed by atoms with Gasteiger partial charge < -0.3 is 4.90 Å². The lowest BCUT2D eigenvalue weighted by atomic mass is 9.83. The first kappa shape index (κ1) is 23.0. The number of benzene rings is 1. The van der Waals surface area contributed by atoms with Crippen molar-refractivity contribution in [2.75, 3.05) is 6.54 Å². The number of hydrogen-bond donors (Lipinski definition) is 0. The summed E-state index contributed by atoms with van der Waals surface area (Å²) in [5, 5.41) is 3.79. The largest absolute Gasteiger partial charge is 0.435 e. The number of nitrogens with zero attached hydrogens (tertiary/aromatic N) is 3. The number of fused-ring (bicyclic) bond motifs is 1. The fraction of sp³-hybridized carbons (Fsp3) is 0.280. The molecular formula is C25H24F3N3OS. The molecule has 3 heterocycles. The van der Waals surface area contributed by atoms with Crippen LogP contribution in [0.5, 0.6) is 0 Å². The van der Waals surface area contributed by atoms with Crippen molar-refractivity contribution >= 4 is 22.8 Å². The van der Waals surface area contributed by atoms with Crippen LogP contribution in [0.3, 0.4) is 0 Å². The minimum atomic E-state index is -4.58. The maximum absolute atomic E-state index is 13.9. The second kappa shape index (κ2) is 8.67. The topological polar surface area (TPSA) is 38.1 Å². The Morgan fingerprint density at radius 2 is 2.00 bits per heavy atom. The summed E-state index contributed by atoms with van der Waals surface area (Å²) in [6, 6.07) is 9.14. The normalized spacial score (nSPS) is 15.9. The Bertz CT molecular complexity index is 1240. The smallest absolute Gasteiger partial charge is 0.333 e. The Kier molecular flexibility index (Phi) is 6.05. The molecule has 0 N–H and O–H groups in total. The molecule has 0 spiro atoms. The molecule has 0 aliphatic carbocycles. The summed E-state index contributed by atoms with van der Waals surface area (Å²) in [4.78, 5) is 16.2. The van der Waals surface area contributed by atoms with E-state index in [0.29, 0.717) is 25.2 Å². The average Bonchev–Trinajstić information content (AvgIpc) is 3.42. The highest BCUT2D eigenvalue weighted by Gasteiger charge is 2.39. The summed E-state index contributed by atoms with van der Waals surface area (Å²) in [6.45, 7) is 12.4. The predicted octanol–water partition coefficient (Wildman–Crippen LogP) is 6.34. The van der Waals surface area contributed by atoms with Crippen molar-refractivity contribution < 1.29 is 18.0 Å². The van der Waals surface area contributed by atoms with Gasteiger partial charge in [0.2, 0.25) is 5.91 Å². The Labute approximate surface area is 194 Å². The first-order valence-corrected chi connectivity index (χ1v) is 11.4. The Balaban J connectivity index is 1.91. The number of rotatable bonds is 5. The summed E-state index contributed by atoms with van der Waals surface area (Å²) >= 11 is 1.57. The van der Waals surface area contributed by atoms with Crippen LogP contribution in [0.2, 0.25) is 0 Å². The van der Waals surface area contributed by atoms with E-state index < -0.39 is 11.9 Å². The van der Waals surface area contributed by atoms with E-state index in [1.807, 2.05) is 19.1 Å². The molecule has 8 heteroatoms. The molecule has 4 nitrogen and oxygen atoms in total. The summed E-state index contributed by atoms with van der Waals surface area (Å²) in [6.07, 6.45) is -1.86. The average molecular weight is 472 g/mol. The number of alkyl halides is 3. The number of thiophene rings is 1. The number of aryl methyl sites for hydroxylation is 1. The first-order chi connectivity index (χ1) is 15.6. The molecule has 172 valence electrons. The van der Waals surface area contributed by atoms with Crippen LogP contribution in [0, 0.1) is 0 Å². The quantitative estimate of drug-likeness (QED) is 0.407. The number of amides is 1. The highest BCUT2D eigenvalue weighted by atomic mass is 32.1. The Morgan fingerprint density at radius 3 is 2.64 bits per heavy atom. The molecule has 1 aliphatic heterocycles. The molecular weight excluding hydrogens is 447 g/mol. The van der Waals surface area contributed by atoms with E-state index in [1.54, 1.807) is 35.3 Å². The van der Waals surface area contributed by atoms with Crippen LogP contribution in [-0.4, -0.2) is 27.1 Å². The van der Waals surface area contributed by atoms with Crippen LogP contribution in [0.1, 0.15) is 46.3 Å². The van der Waals surface area contributed by atoms with Crippen molar-refractivity contribution in [2.45, 2.75) is 39.0 Å². The monoisotopic (exact) mass is 471 g/mol. The number of aromatic nitrogens is 2. The first-order valence-electron chi connectivity index (χ1n) is 10.6. The zero-order chi connectivity index (χ0) is 23.9. The molecule has 1 atom stereocenters. The maximum atomic E-state index is 13.9. The van der Waals surface area contributed by atoms with Crippen molar-refractivity contribution in [2.24, 2.45) is 0 Å². The van der Waals surface area contributed by atoms with Crippen molar-refractivity contribution in [1.29, 1.82) is 0 Å². The molecule has 0 saturated carbocycles. The van der Waals surface area contributed by atoms with Crippen molar-refractivity contribution in [3.8, 4) is 11.1 Å². The third-order valence-electron chi connectivity index (χ3n) is 5.84. The number of hydrogen-bond acceptors (Lipinski definition) is 3. The molecule has 0 bridgehead atoms. The highest BCUT2D eigenvalue weighted by molar-refractivity contribution is 7.13. The zero-order valence-electron chi connectivity index (χ0n) is 18.4. The minimum absolute atomic E-state index is 0.0454. The van der Waals surface area contributed by atoms with Gasteiger partial charge in [-0.05, 0) is 48.3 Å². The number of carbonyl (C=O) groups excluding carboxylic acids is 1. The van der Waals surface area contributed by atoms with E-state index in [1.165, 1.54) is 17.0 Å². The third kappa shape index (κ3) is 4.27. The molecule has 0 saturated heterocycles. The van der Waals surface area contributed by atoms with E-state index in [9.17, 15) is 18.0 Å². The van der Waals surface area contributed by atoms with Crippen LogP contribution in [0.25, 0.3) is 16.7 Å². The van der Waals surface area contributed by atoms with E-state index in [4.69, 9.17) is 0 Å². The Morgan fingerprint density at radius 1 is 1.27 bits per heavy atom. The van der Waals surface area contributed by atoms with Gasteiger partial charge in [-0.1, -0.05) is 37.4 Å². The van der Waals surface area contributed by atoms with Crippen LogP contribution in [0.4, 0.5) is 13.2 Å². The second-order valence-electron chi connectivity index (χ2n) is 8.08. The van der Waals surface area contributed by atoms with Crippen molar-refractivity contribution in [3.05, 3.63) is 82.3 Å². The van der Waals surface area contributed by atoms with Gasteiger partial charge in [0.15, 0.2) is 5.69 Å². The number of carbonyl (C=O) groups is 1. The molecule has 0 fully saturated rings. The summed E-state index contributed by atoms with van der Waals surface area (Å²) in [5.41, 5.74) is 2.27. The summed E-state index contributed by atoms with van der Waals surface area (Å²) in [7, 11) is 0. The second-order valence-corrected chi connectivity index (χ2v) is 9.21. The van der Waals surface area contributed by atoms with Crippen LogP contribution in [-0.2, 0) is 24.1 Å². The number of allylic oxidation sites excluding steroid dienone is 1. The van der Waals surface area contributed by atoms with Gasteiger partial charge in [0.1, 0.15) is 0 Å². The standard InChI is InChI=1S/C25H24F3N3OS/c1-5-23(32)30-12-19(18-11-21(15(3)4)33-22(18)14-30)16-9-7-8-10-17(16)20-13-31(6-2)29-24(20)25(26,27)28/h5,7-11,13,19H,1,3,6,12,14H2,2,4H3/t19-/m0/s1. The molecule has 3 aromatic rings. The van der Waals surface area contributed by atoms with Crippen molar-refractivity contribution in [3.63, 3.8) is 0 Å². The van der Waals surface area contributed by atoms with Crippen LogP contribution >= 0.6 is 11.3 Å². The molecule has 33 heavy (non-hydrogen) atoms. The predicted molar refractivity (Wildman–Crippen MR) is 125 cm³/mol. The lowest BCUT2D eigenvalue weighted by Crippen LogP contribution is -2.37. The lowest BCUT2D eigenvalue weighted by Gasteiger charge is -2.33. The molecule has 1 aliphatic rings. The SMILES string of the molecule is C=CC(=O)N1Cc2sc(C(=C)C)cc2[C@H](c2ccccc2-c2cn(CC)nc2C(F)(F)F)C1. The summed E-state index contributed by atoms with van der Waals surface area (Å²) < 4.78 is 42.9. The van der Waals surface area contributed by atoms with Crippen LogP contribution < -0.4 is 0 Å². The van der Waals surface area contributed by atoms with Gasteiger partial charge in [-0.25, -0.2) is 0 Å². The Hall–Kier alpha value is -3.13. The van der Waals surface area contributed by atoms with E-state index in [-0.39, 0.29) is 17.4 Å². The van der Waals surface area contributed by atoms with E-state index >= 15 is 0 Å². The molecule has 0 radical (unpaired) electrons. The molecule has 1 amide bonds. The maximum Gasteiger partial charge on any atom is 0.435 e. The van der Waals surface area contributed by atoms with Gasteiger partial charge in [0.05, 0.1) is 6.54 Å². The molecule has 2 aromatic heterocycles.